The van der Waals surface area contributed by atoms with E-state index in [-0.39, 0.29) is 24.9 Å². The molecule has 1 aromatic rings. The lowest BCUT2D eigenvalue weighted by atomic mass is 10.1. The van der Waals surface area contributed by atoms with Crippen molar-refractivity contribution in [3.05, 3.63) is 20.8 Å². The lowest BCUT2D eigenvalue weighted by Crippen LogP contribution is -2.38. The Balaban J connectivity index is 2.38. The van der Waals surface area contributed by atoms with E-state index >= 15 is 0 Å². The summed E-state index contributed by atoms with van der Waals surface area (Å²) in [6, 6.07) is 0. The van der Waals surface area contributed by atoms with Crippen LogP contribution in [0, 0.1) is 5.92 Å². The molecule has 0 aromatic carbocycles. The molecule has 2 rings (SSSR count). The number of aromatic amines is 1. The molecule has 112 valence electrons. The number of aliphatic hydroxyl groups excluding tert-OH is 1. The number of nitrogens with zero attached hydrogens (tertiary/aromatic N) is 2. The van der Waals surface area contributed by atoms with Crippen LogP contribution < -0.4 is 21.9 Å². The summed E-state index contributed by atoms with van der Waals surface area (Å²) in [5, 5.41) is 9.17. The Morgan fingerprint density at radius 1 is 1.50 bits per heavy atom. The molecule has 0 saturated carbocycles. The van der Waals surface area contributed by atoms with Gasteiger partial charge in [-0.25, -0.2) is 4.79 Å². The second-order valence-electron chi connectivity index (χ2n) is 4.92. The highest BCUT2D eigenvalue weighted by Crippen LogP contribution is 2.24. The van der Waals surface area contributed by atoms with Gasteiger partial charge < -0.3 is 20.5 Å². The SMILES string of the molecule is COCCn1c(N)c(N2CCC(CO)C2)c(=O)[nH]c1=O. The van der Waals surface area contributed by atoms with Gasteiger partial charge in [-0.15, -0.1) is 0 Å². The first kappa shape index (κ1) is 14.6. The fraction of sp³-hybridized carbons (Fsp3) is 0.667. The average molecular weight is 284 g/mol. The maximum Gasteiger partial charge on any atom is 0.330 e. The van der Waals surface area contributed by atoms with Gasteiger partial charge in [0, 0.05) is 32.7 Å². The summed E-state index contributed by atoms with van der Waals surface area (Å²) in [5.74, 6) is 0.280. The van der Waals surface area contributed by atoms with E-state index in [1.807, 2.05) is 4.90 Å². The number of nitrogens with two attached hydrogens (primary N) is 1. The molecule has 2 heterocycles. The van der Waals surface area contributed by atoms with Crippen LogP contribution in [0.15, 0.2) is 9.59 Å². The van der Waals surface area contributed by atoms with E-state index in [1.54, 1.807) is 0 Å². The predicted molar refractivity (Wildman–Crippen MR) is 75.0 cm³/mol. The fourth-order valence-electron chi connectivity index (χ4n) is 2.47. The molecule has 0 bridgehead atoms. The van der Waals surface area contributed by atoms with E-state index in [0.717, 1.165) is 6.42 Å². The van der Waals surface area contributed by atoms with Gasteiger partial charge in [-0.1, -0.05) is 0 Å². The van der Waals surface area contributed by atoms with Crippen molar-refractivity contribution in [1.82, 2.24) is 9.55 Å². The van der Waals surface area contributed by atoms with Crippen molar-refractivity contribution >= 4 is 11.5 Å². The molecule has 0 radical (unpaired) electrons. The van der Waals surface area contributed by atoms with Crippen molar-refractivity contribution in [2.45, 2.75) is 13.0 Å². The lowest BCUT2D eigenvalue weighted by molar-refractivity contribution is 0.186. The van der Waals surface area contributed by atoms with Crippen LogP contribution in [-0.4, -0.2) is 48.1 Å². The summed E-state index contributed by atoms with van der Waals surface area (Å²) >= 11 is 0. The van der Waals surface area contributed by atoms with E-state index < -0.39 is 11.2 Å². The van der Waals surface area contributed by atoms with Gasteiger partial charge in [0.25, 0.3) is 5.56 Å². The number of anilines is 2. The molecule has 8 nitrogen and oxygen atoms in total. The Kier molecular flexibility index (Phi) is 4.46. The normalized spacial score (nSPS) is 18.7. The van der Waals surface area contributed by atoms with Gasteiger partial charge in [0.1, 0.15) is 11.5 Å². The number of hydrogen-bond acceptors (Lipinski definition) is 6. The Bertz CT molecular complexity index is 580. The van der Waals surface area contributed by atoms with E-state index in [0.29, 0.717) is 25.4 Å². The van der Waals surface area contributed by atoms with Crippen molar-refractivity contribution in [3.8, 4) is 0 Å². The molecule has 0 spiro atoms. The van der Waals surface area contributed by atoms with Crippen LogP contribution in [0.3, 0.4) is 0 Å². The molecule has 1 unspecified atom stereocenters. The summed E-state index contributed by atoms with van der Waals surface area (Å²) < 4.78 is 6.23. The van der Waals surface area contributed by atoms with E-state index in [1.165, 1.54) is 11.7 Å². The first-order chi connectivity index (χ1) is 9.58. The van der Waals surface area contributed by atoms with Gasteiger partial charge in [0.15, 0.2) is 0 Å². The highest BCUT2D eigenvalue weighted by molar-refractivity contribution is 5.62. The molecule has 0 amide bonds. The standard InChI is InChI=1S/C12H20N4O4/c1-20-5-4-16-10(13)9(11(18)14-12(16)19)15-3-2-8(6-15)7-17/h8,17H,2-7,13H2,1H3,(H,14,18,19). The molecule has 1 fully saturated rings. The number of rotatable bonds is 5. The van der Waals surface area contributed by atoms with Crippen LogP contribution in [0.5, 0.6) is 0 Å². The zero-order valence-electron chi connectivity index (χ0n) is 11.5. The highest BCUT2D eigenvalue weighted by atomic mass is 16.5. The smallest absolute Gasteiger partial charge is 0.330 e. The summed E-state index contributed by atoms with van der Waals surface area (Å²) in [6.07, 6.45) is 0.798. The Morgan fingerprint density at radius 2 is 2.25 bits per heavy atom. The van der Waals surface area contributed by atoms with Crippen LogP contribution in [0.25, 0.3) is 0 Å². The Morgan fingerprint density at radius 3 is 2.85 bits per heavy atom. The highest BCUT2D eigenvalue weighted by Gasteiger charge is 2.26. The van der Waals surface area contributed by atoms with Crippen molar-refractivity contribution in [1.29, 1.82) is 0 Å². The maximum atomic E-state index is 12.0. The van der Waals surface area contributed by atoms with Crippen LogP contribution in [0.2, 0.25) is 0 Å². The minimum atomic E-state index is -0.536. The van der Waals surface area contributed by atoms with Gasteiger partial charge in [-0.2, -0.15) is 0 Å². The average Bonchev–Trinajstić information content (AvgIpc) is 2.87. The number of nitrogen functional groups attached to an aromatic ring is 1. The van der Waals surface area contributed by atoms with Gasteiger partial charge >= 0.3 is 5.69 Å². The van der Waals surface area contributed by atoms with Gasteiger partial charge in [-0.05, 0) is 6.42 Å². The molecular weight excluding hydrogens is 264 g/mol. The van der Waals surface area contributed by atoms with E-state index in [2.05, 4.69) is 4.98 Å². The molecule has 4 N–H and O–H groups in total. The van der Waals surface area contributed by atoms with E-state index in [9.17, 15) is 9.59 Å². The molecular formula is C12H20N4O4. The van der Waals surface area contributed by atoms with Gasteiger partial charge in [-0.3, -0.25) is 14.3 Å². The largest absolute Gasteiger partial charge is 0.396 e. The second-order valence-corrected chi connectivity index (χ2v) is 4.92. The van der Waals surface area contributed by atoms with Crippen molar-refractivity contribution < 1.29 is 9.84 Å². The molecule has 1 aliphatic rings. The van der Waals surface area contributed by atoms with Crippen LogP contribution in [0.4, 0.5) is 11.5 Å². The number of methoxy groups -OCH3 is 1. The van der Waals surface area contributed by atoms with Crippen molar-refractivity contribution in [2.75, 3.05) is 44.0 Å². The maximum absolute atomic E-state index is 12.0. The Labute approximate surface area is 115 Å². The van der Waals surface area contributed by atoms with Crippen molar-refractivity contribution in [3.63, 3.8) is 0 Å². The third-order valence-corrected chi connectivity index (χ3v) is 3.59. The summed E-state index contributed by atoms with van der Waals surface area (Å²) in [6.45, 7) is 1.89. The Hall–Kier alpha value is -1.80. The van der Waals surface area contributed by atoms with Crippen molar-refractivity contribution in [2.24, 2.45) is 5.92 Å². The number of nitrogens with one attached hydrogen (secondary N) is 1. The number of ether oxygens (including phenoxy) is 1. The minimum Gasteiger partial charge on any atom is -0.396 e. The number of aliphatic hydroxyl groups is 1. The third-order valence-electron chi connectivity index (χ3n) is 3.59. The second kappa shape index (κ2) is 6.10. The van der Waals surface area contributed by atoms with Crippen LogP contribution in [-0.2, 0) is 11.3 Å². The molecule has 1 saturated heterocycles. The number of aromatic nitrogens is 2. The molecule has 20 heavy (non-hydrogen) atoms. The zero-order valence-corrected chi connectivity index (χ0v) is 11.5. The van der Waals surface area contributed by atoms with Gasteiger partial charge in [0.05, 0.1) is 13.2 Å². The fourth-order valence-corrected chi connectivity index (χ4v) is 2.47. The zero-order chi connectivity index (χ0) is 14.7. The minimum absolute atomic E-state index is 0.0810. The van der Waals surface area contributed by atoms with Crippen LogP contribution >= 0.6 is 0 Å². The molecule has 1 aliphatic heterocycles. The molecule has 1 aromatic heterocycles. The van der Waals surface area contributed by atoms with Crippen LogP contribution in [0.1, 0.15) is 6.42 Å². The first-order valence-corrected chi connectivity index (χ1v) is 6.55. The first-order valence-electron chi connectivity index (χ1n) is 6.55. The summed E-state index contributed by atoms with van der Waals surface area (Å²) in [4.78, 5) is 27.8. The summed E-state index contributed by atoms with van der Waals surface area (Å²) in [7, 11) is 1.53. The summed E-state index contributed by atoms with van der Waals surface area (Å²) in [5.41, 5.74) is 5.26. The lowest BCUT2D eigenvalue weighted by Gasteiger charge is -2.21. The molecule has 1 atom stereocenters. The molecule has 0 aliphatic carbocycles. The number of H-pyrrole nitrogens is 1. The predicted octanol–water partition coefficient (Wildman–Crippen LogP) is -1.42. The topological polar surface area (TPSA) is 114 Å². The number of hydrogen-bond donors (Lipinski definition) is 3. The van der Waals surface area contributed by atoms with Gasteiger partial charge in [0.2, 0.25) is 0 Å². The van der Waals surface area contributed by atoms with E-state index in [4.69, 9.17) is 15.6 Å². The quantitative estimate of drug-likeness (QED) is 0.612. The molecule has 8 heteroatoms. The monoisotopic (exact) mass is 284 g/mol. The third kappa shape index (κ3) is 2.70.